The van der Waals surface area contributed by atoms with Gasteiger partial charge in [-0.3, -0.25) is 9.59 Å². The van der Waals surface area contributed by atoms with E-state index in [4.69, 9.17) is 0 Å². The number of hydrogen-bond acceptors (Lipinski definition) is 3. The number of hydrogen-bond donors (Lipinski definition) is 2. The molecule has 0 atom stereocenters. The van der Waals surface area contributed by atoms with Crippen LogP contribution in [0.3, 0.4) is 0 Å². The SMILES string of the molecule is CCc1ccc(NC(=O)C(=O)N2CCC(O)CC2)cc1. The molecule has 0 unspecified atom stereocenters. The first-order chi connectivity index (χ1) is 9.60. The highest BCUT2D eigenvalue weighted by atomic mass is 16.3. The molecule has 0 spiro atoms. The van der Waals surface area contributed by atoms with Gasteiger partial charge in [-0.15, -0.1) is 0 Å². The smallest absolute Gasteiger partial charge is 0.313 e. The molecule has 2 rings (SSSR count). The topological polar surface area (TPSA) is 69.6 Å². The van der Waals surface area contributed by atoms with Crippen LogP contribution in [0.25, 0.3) is 0 Å². The Morgan fingerprint density at radius 1 is 1.25 bits per heavy atom. The lowest BCUT2D eigenvalue weighted by Gasteiger charge is -2.28. The van der Waals surface area contributed by atoms with Crippen LogP contribution in [0.2, 0.25) is 0 Å². The highest BCUT2D eigenvalue weighted by Gasteiger charge is 2.26. The number of aliphatic hydroxyl groups is 1. The van der Waals surface area contributed by atoms with Crippen molar-refractivity contribution in [2.75, 3.05) is 18.4 Å². The van der Waals surface area contributed by atoms with Crippen molar-refractivity contribution in [2.45, 2.75) is 32.3 Å². The van der Waals surface area contributed by atoms with E-state index in [9.17, 15) is 14.7 Å². The Labute approximate surface area is 118 Å². The van der Waals surface area contributed by atoms with Gasteiger partial charge in [0.1, 0.15) is 0 Å². The largest absolute Gasteiger partial charge is 0.393 e. The number of anilines is 1. The third kappa shape index (κ3) is 3.57. The summed E-state index contributed by atoms with van der Waals surface area (Å²) in [6.45, 7) is 2.92. The second-order valence-corrected chi connectivity index (χ2v) is 5.03. The Balaban J connectivity index is 1.91. The predicted octanol–water partition coefficient (Wildman–Crippen LogP) is 1.17. The molecular formula is C15H20N2O3. The molecule has 5 heteroatoms. The minimum atomic E-state index is -0.620. The average molecular weight is 276 g/mol. The maximum absolute atomic E-state index is 12.0. The monoisotopic (exact) mass is 276 g/mol. The van der Waals surface area contributed by atoms with Crippen molar-refractivity contribution < 1.29 is 14.7 Å². The van der Waals surface area contributed by atoms with Crippen molar-refractivity contribution in [1.82, 2.24) is 4.90 Å². The molecule has 0 aromatic heterocycles. The first-order valence-corrected chi connectivity index (χ1v) is 6.97. The summed E-state index contributed by atoms with van der Waals surface area (Å²) < 4.78 is 0. The summed E-state index contributed by atoms with van der Waals surface area (Å²) in [4.78, 5) is 25.3. The summed E-state index contributed by atoms with van der Waals surface area (Å²) in [5.41, 5.74) is 1.80. The number of carbonyl (C=O) groups is 2. The maximum Gasteiger partial charge on any atom is 0.313 e. The lowest BCUT2D eigenvalue weighted by Crippen LogP contribution is -2.45. The van der Waals surface area contributed by atoms with Crippen LogP contribution >= 0.6 is 0 Å². The average Bonchev–Trinajstić information content (AvgIpc) is 2.48. The van der Waals surface area contributed by atoms with E-state index in [1.165, 1.54) is 10.5 Å². The molecule has 1 fully saturated rings. The molecular weight excluding hydrogens is 256 g/mol. The second kappa shape index (κ2) is 6.52. The van der Waals surface area contributed by atoms with Crippen molar-refractivity contribution in [1.29, 1.82) is 0 Å². The summed E-state index contributed by atoms with van der Waals surface area (Å²) in [5, 5.41) is 12.0. The Hall–Kier alpha value is -1.88. The van der Waals surface area contributed by atoms with Gasteiger partial charge in [0.25, 0.3) is 0 Å². The normalized spacial score (nSPS) is 16.0. The zero-order valence-corrected chi connectivity index (χ0v) is 11.6. The number of benzene rings is 1. The van der Waals surface area contributed by atoms with Crippen molar-refractivity contribution in [3.8, 4) is 0 Å². The van der Waals surface area contributed by atoms with Gasteiger partial charge in [0.2, 0.25) is 0 Å². The molecule has 20 heavy (non-hydrogen) atoms. The molecule has 1 aliphatic heterocycles. The van der Waals surface area contributed by atoms with Crippen LogP contribution in [0.4, 0.5) is 5.69 Å². The molecule has 2 N–H and O–H groups in total. The van der Waals surface area contributed by atoms with E-state index in [1.54, 1.807) is 12.1 Å². The van der Waals surface area contributed by atoms with Crippen LogP contribution in [0, 0.1) is 0 Å². The molecule has 0 bridgehead atoms. The van der Waals surface area contributed by atoms with Crippen LogP contribution in [0.5, 0.6) is 0 Å². The lowest BCUT2D eigenvalue weighted by molar-refractivity contribution is -0.144. The molecule has 108 valence electrons. The number of aryl methyl sites for hydroxylation is 1. The van der Waals surface area contributed by atoms with Crippen molar-refractivity contribution in [2.24, 2.45) is 0 Å². The van der Waals surface area contributed by atoms with Gasteiger partial charge in [0.05, 0.1) is 6.10 Å². The van der Waals surface area contributed by atoms with E-state index in [0.717, 1.165) is 6.42 Å². The van der Waals surface area contributed by atoms with Gasteiger partial charge in [-0.25, -0.2) is 0 Å². The highest BCUT2D eigenvalue weighted by molar-refractivity contribution is 6.39. The zero-order valence-electron chi connectivity index (χ0n) is 11.6. The summed E-state index contributed by atoms with van der Waals surface area (Å²) in [5.74, 6) is -1.15. The van der Waals surface area contributed by atoms with Gasteiger partial charge in [0, 0.05) is 18.8 Å². The van der Waals surface area contributed by atoms with Gasteiger partial charge in [-0.2, -0.15) is 0 Å². The number of amides is 2. The van der Waals surface area contributed by atoms with Crippen LogP contribution in [-0.4, -0.2) is 41.0 Å². The van der Waals surface area contributed by atoms with Crippen LogP contribution < -0.4 is 5.32 Å². The third-order valence-corrected chi connectivity index (χ3v) is 3.57. The minimum Gasteiger partial charge on any atom is -0.393 e. The first-order valence-electron chi connectivity index (χ1n) is 6.97. The highest BCUT2D eigenvalue weighted by Crippen LogP contribution is 2.12. The lowest BCUT2D eigenvalue weighted by atomic mass is 10.1. The summed E-state index contributed by atoms with van der Waals surface area (Å²) in [6, 6.07) is 7.45. The Morgan fingerprint density at radius 3 is 2.40 bits per heavy atom. The molecule has 0 radical (unpaired) electrons. The fourth-order valence-corrected chi connectivity index (χ4v) is 2.22. The predicted molar refractivity (Wildman–Crippen MR) is 76.3 cm³/mol. The molecule has 1 aromatic rings. The number of nitrogens with one attached hydrogen (secondary N) is 1. The number of piperidine rings is 1. The van der Waals surface area contributed by atoms with Crippen molar-refractivity contribution >= 4 is 17.5 Å². The van der Waals surface area contributed by atoms with Crippen LogP contribution in [0.1, 0.15) is 25.3 Å². The van der Waals surface area contributed by atoms with Crippen LogP contribution in [-0.2, 0) is 16.0 Å². The van der Waals surface area contributed by atoms with Gasteiger partial charge in [-0.05, 0) is 37.0 Å². The molecule has 1 aliphatic rings. The summed E-state index contributed by atoms with van der Waals surface area (Å²) >= 11 is 0. The standard InChI is InChI=1S/C15H20N2O3/c1-2-11-3-5-12(6-4-11)16-14(19)15(20)17-9-7-13(18)8-10-17/h3-6,13,18H,2,7-10H2,1H3,(H,16,19). The maximum atomic E-state index is 12.0. The van der Waals surface area contributed by atoms with E-state index < -0.39 is 11.8 Å². The van der Waals surface area contributed by atoms with E-state index in [2.05, 4.69) is 12.2 Å². The molecule has 1 saturated heterocycles. The van der Waals surface area contributed by atoms with Crippen molar-refractivity contribution in [3.05, 3.63) is 29.8 Å². The first kappa shape index (κ1) is 14.5. The number of carbonyl (C=O) groups excluding carboxylic acids is 2. The van der Waals surface area contributed by atoms with Crippen molar-refractivity contribution in [3.63, 3.8) is 0 Å². The number of likely N-dealkylation sites (tertiary alicyclic amines) is 1. The van der Waals surface area contributed by atoms with Gasteiger partial charge in [0.15, 0.2) is 0 Å². The molecule has 1 aromatic carbocycles. The molecule has 1 heterocycles. The third-order valence-electron chi connectivity index (χ3n) is 3.57. The molecule has 0 aliphatic carbocycles. The quantitative estimate of drug-likeness (QED) is 0.797. The van der Waals surface area contributed by atoms with Crippen LogP contribution in [0.15, 0.2) is 24.3 Å². The fraction of sp³-hybridized carbons (Fsp3) is 0.467. The van der Waals surface area contributed by atoms with E-state index in [1.807, 2.05) is 12.1 Å². The minimum absolute atomic E-state index is 0.358. The zero-order chi connectivity index (χ0) is 14.5. The Kier molecular flexibility index (Phi) is 4.74. The van der Waals surface area contributed by atoms with Gasteiger partial charge in [-0.1, -0.05) is 19.1 Å². The number of nitrogens with zero attached hydrogens (tertiary/aromatic N) is 1. The Morgan fingerprint density at radius 2 is 1.85 bits per heavy atom. The molecule has 0 saturated carbocycles. The Bertz CT molecular complexity index is 476. The molecule has 2 amide bonds. The second-order valence-electron chi connectivity index (χ2n) is 5.03. The fourth-order valence-electron chi connectivity index (χ4n) is 2.22. The number of aliphatic hydroxyl groups excluding tert-OH is 1. The van der Waals surface area contributed by atoms with E-state index in [-0.39, 0.29) is 6.10 Å². The summed E-state index contributed by atoms with van der Waals surface area (Å²) in [6.07, 6.45) is 1.64. The summed E-state index contributed by atoms with van der Waals surface area (Å²) in [7, 11) is 0. The van der Waals surface area contributed by atoms with E-state index in [0.29, 0.717) is 31.6 Å². The number of rotatable bonds is 2. The molecule has 5 nitrogen and oxygen atoms in total. The van der Waals surface area contributed by atoms with Gasteiger partial charge < -0.3 is 15.3 Å². The van der Waals surface area contributed by atoms with Gasteiger partial charge >= 0.3 is 11.8 Å². The van der Waals surface area contributed by atoms with E-state index >= 15 is 0 Å².